The second-order valence-electron chi connectivity index (χ2n) is 8.00. The normalized spacial score (nSPS) is 27.8. The van der Waals surface area contributed by atoms with E-state index in [1.165, 1.54) is 11.1 Å². The molecule has 0 amide bonds. The minimum Gasteiger partial charge on any atom is -0.478 e. The van der Waals surface area contributed by atoms with Crippen LogP contribution in [0, 0.1) is 29.1 Å². The summed E-state index contributed by atoms with van der Waals surface area (Å²) >= 11 is 0. The molecular weight excluding hydrogens is 338 g/mol. The molecular formula is C23H31NO3. The van der Waals surface area contributed by atoms with Crippen LogP contribution in [0.1, 0.15) is 50.2 Å². The summed E-state index contributed by atoms with van der Waals surface area (Å²) in [4.78, 5) is 0. The molecule has 5 atom stereocenters. The van der Waals surface area contributed by atoms with Crippen molar-refractivity contribution >= 4 is 0 Å². The van der Waals surface area contributed by atoms with Crippen LogP contribution in [0.3, 0.4) is 0 Å². The van der Waals surface area contributed by atoms with Crippen LogP contribution in [0.4, 0.5) is 0 Å². The Hall–Kier alpha value is -1.83. The van der Waals surface area contributed by atoms with E-state index < -0.39 is 6.10 Å². The smallest absolute Gasteiger partial charge is 0.174 e. The Morgan fingerprint density at radius 3 is 2.96 bits per heavy atom. The molecule has 4 heteroatoms. The molecule has 4 nitrogen and oxygen atoms in total. The van der Waals surface area contributed by atoms with E-state index in [1.807, 2.05) is 24.3 Å². The summed E-state index contributed by atoms with van der Waals surface area (Å²) in [6, 6.07) is 8.09. The van der Waals surface area contributed by atoms with Gasteiger partial charge in [-0.15, -0.1) is 0 Å². The van der Waals surface area contributed by atoms with Crippen molar-refractivity contribution in [2.24, 2.45) is 17.8 Å². The summed E-state index contributed by atoms with van der Waals surface area (Å²) in [6.07, 6.45) is 9.93. The number of hydrogen-bond acceptors (Lipinski definition) is 4. The Morgan fingerprint density at radius 1 is 1.33 bits per heavy atom. The van der Waals surface area contributed by atoms with Gasteiger partial charge in [-0.1, -0.05) is 50.5 Å². The highest BCUT2D eigenvalue weighted by Crippen LogP contribution is 2.47. The second kappa shape index (κ2) is 9.39. The SMILES string of the molecule is CCCCC[C@H](O)C=C[C@@H]1[C@H]2Cc3cccc(OCC#N)c3C[C@H]2C[C@H]1O. The van der Waals surface area contributed by atoms with Gasteiger partial charge in [-0.05, 0) is 54.7 Å². The highest BCUT2D eigenvalue weighted by molar-refractivity contribution is 5.43. The van der Waals surface area contributed by atoms with Crippen LogP contribution in [0.5, 0.6) is 5.75 Å². The predicted octanol–water partition coefficient (Wildman–Crippen LogP) is 3.80. The van der Waals surface area contributed by atoms with Crippen molar-refractivity contribution in [3.63, 3.8) is 0 Å². The van der Waals surface area contributed by atoms with E-state index >= 15 is 0 Å². The van der Waals surface area contributed by atoms with E-state index in [4.69, 9.17) is 10.00 Å². The number of ether oxygens (including phenoxy) is 1. The van der Waals surface area contributed by atoms with Gasteiger partial charge in [-0.2, -0.15) is 5.26 Å². The van der Waals surface area contributed by atoms with Gasteiger partial charge in [0.1, 0.15) is 11.8 Å². The lowest BCUT2D eigenvalue weighted by atomic mass is 9.74. The number of benzene rings is 1. The Bertz CT molecular complexity index is 693. The summed E-state index contributed by atoms with van der Waals surface area (Å²) in [6.45, 7) is 2.23. The first-order chi connectivity index (χ1) is 13.1. The maximum absolute atomic E-state index is 10.6. The average molecular weight is 370 g/mol. The van der Waals surface area contributed by atoms with E-state index in [0.29, 0.717) is 11.8 Å². The van der Waals surface area contributed by atoms with Gasteiger partial charge < -0.3 is 14.9 Å². The molecule has 0 aliphatic heterocycles. The fourth-order valence-corrected chi connectivity index (χ4v) is 4.80. The van der Waals surface area contributed by atoms with Crippen molar-refractivity contribution in [1.82, 2.24) is 0 Å². The molecule has 1 fully saturated rings. The number of nitrogens with zero attached hydrogens (tertiary/aromatic N) is 1. The lowest BCUT2D eigenvalue weighted by Gasteiger charge is -2.31. The third-order valence-electron chi connectivity index (χ3n) is 6.19. The first kappa shape index (κ1) is 19.9. The average Bonchev–Trinajstić information content (AvgIpc) is 2.97. The molecule has 0 heterocycles. The topological polar surface area (TPSA) is 73.5 Å². The van der Waals surface area contributed by atoms with Gasteiger partial charge in [0.05, 0.1) is 12.2 Å². The lowest BCUT2D eigenvalue weighted by molar-refractivity contribution is 0.140. The number of fused-ring (bicyclic) bond motifs is 2. The second-order valence-corrected chi connectivity index (χ2v) is 8.00. The molecule has 1 saturated carbocycles. The van der Waals surface area contributed by atoms with Gasteiger partial charge in [-0.3, -0.25) is 0 Å². The molecule has 0 bridgehead atoms. The van der Waals surface area contributed by atoms with Crippen molar-refractivity contribution in [3.8, 4) is 11.8 Å². The Morgan fingerprint density at radius 2 is 2.19 bits per heavy atom. The van der Waals surface area contributed by atoms with Crippen LogP contribution in [-0.4, -0.2) is 29.0 Å². The zero-order valence-corrected chi connectivity index (χ0v) is 16.2. The van der Waals surface area contributed by atoms with Crippen LogP contribution in [-0.2, 0) is 12.8 Å². The van der Waals surface area contributed by atoms with Crippen LogP contribution < -0.4 is 4.74 Å². The van der Waals surface area contributed by atoms with E-state index in [9.17, 15) is 10.2 Å². The Labute approximate surface area is 162 Å². The number of nitriles is 1. The number of aliphatic hydroxyl groups is 2. The molecule has 2 N–H and O–H groups in total. The van der Waals surface area contributed by atoms with Crippen molar-refractivity contribution in [3.05, 3.63) is 41.5 Å². The zero-order chi connectivity index (χ0) is 19.2. The van der Waals surface area contributed by atoms with Gasteiger partial charge in [0.2, 0.25) is 0 Å². The van der Waals surface area contributed by atoms with Crippen molar-refractivity contribution in [1.29, 1.82) is 5.26 Å². The molecule has 0 saturated heterocycles. The maximum Gasteiger partial charge on any atom is 0.174 e. The summed E-state index contributed by atoms with van der Waals surface area (Å²) < 4.78 is 5.61. The number of rotatable bonds is 8. The molecule has 146 valence electrons. The van der Waals surface area contributed by atoms with E-state index in [0.717, 1.165) is 50.7 Å². The third-order valence-corrected chi connectivity index (χ3v) is 6.19. The molecule has 2 aliphatic carbocycles. The first-order valence-electron chi connectivity index (χ1n) is 10.3. The van der Waals surface area contributed by atoms with Crippen molar-refractivity contribution in [2.45, 2.75) is 64.1 Å². The molecule has 2 aliphatic rings. The fraction of sp³-hybridized carbons (Fsp3) is 0.609. The minimum absolute atomic E-state index is 0.0639. The zero-order valence-electron chi connectivity index (χ0n) is 16.2. The van der Waals surface area contributed by atoms with Gasteiger partial charge in [0, 0.05) is 5.92 Å². The molecule has 0 aromatic heterocycles. The molecule has 0 spiro atoms. The van der Waals surface area contributed by atoms with Crippen LogP contribution in [0.25, 0.3) is 0 Å². The molecule has 0 radical (unpaired) electrons. The molecule has 1 aromatic carbocycles. The third kappa shape index (κ3) is 4.72. The summed E-state index contributed by atoms with van der Waals surface area (Å²) in [5.74, 6) is 1.74. The highest BCUT2D eigenvalue weighted by Gasteiger charge is 2.44. The van der Waals surface area contributed by atoms with Gasteiger partial charge in [-0.25, -0.2) is 0 Å². The largest absolute Gasteiger partial charge is 0.478 e. The summed E-state index contributed by atoms with van der Waals surface area (Å²) in [5.41, 5.74) is 2.47. The lowest BCUT2D eigenvalue weighted by Crippen LogP contribution is -2.26. The van der Waals surface area contributed by atoms with Crippen LogP contribution in [0.15, 0.2) is 30.4 Å². The maximum atomic E-state index is 10.6. The predicted molar refractivity (Wildman–Crippen MR) is 105 cm³/mol. The number of unbranched alkanes of at least 4 members (excludes halogenated alkanes) is 2. The Balaban J connectivity index is 1.69. The first-order valence-corrected chi connectivity index (χ1v) is 10.3. The van der Waals surface area contributed by atoms with Gasteiger partial charge in [0.25, 0.3) is 0 Å². The molecule has 0 unspecified atom stereocenters. The van der Waals surface area contributed by atoms with Crippen molar-refractivity contribution < 1.29 is 14.9 Å². The number of hydrogen-bond donors (Lipinski definition) is 2. The van der Waals surface area contributed by atoms with Crippen LogP contribution in [0.2, 0.25) is 0 Å². The van der Waals surface area contributed by atoms with E-state index in [2.05, 4.69) is 19.1 Å². The van der Waals surface area contributed by atoms with Crippen LogP contribution >= 0.6 is 0 Å². The highest BCUT2D eigenvalue weighted by atomic mass is 16.5. The Kier molecular flexibility index (Phi) is 6.93. The standard InChI is InChI=1S/C23H31NO3/c1-2-3-4-7-18(25)9-10-19-20-13-16-6-5-8-23(27-12-11-24)21(16)14-17(20)15-22(19)26/h5-6,8-10,17-20,22,25-26H,2-4,7,12-15H2,1H3/t17-,18-,19+,20-,22+/m0/s1. The number of aliphatic hydroxyl groups excluding tert-OH is 2. The summed E-state index contributed by atoms with van der Waals surface area (Å²) in [7, 11) is 0. The van der Waals surface area contributed by atoms with Gasteiger partial charge in [0.15, 0.2) is 6.61 Å². The van der Waals surface area contributed by atoms with E-state index in [-0.39, 0.29) is 18.6 Å². The molecule has 1 aromatic rings. The fourth-order valence-electron chi connectivity index (χ4n) is 4.80. The quantitative estimate of drug-likeness (QED) is 0.540. The van der Waals surface area contributed by atoms with Crippen molar-refractivity contribution in [2.75, 3.05) is 6.61 Å². The van der Waals surface area contributed by atoms with Gasteiger partial charge >= 0.3 is 0 Å². The minimum atomic E-state index is -0.412. The molecule has 3 rings (SSSR count). The summed E-state index contributed by atoms with van der Waals surface area (Å²) in [5, 5.41) is 29.6. The molecule has 27 heavy (non-hydrogen) atoms. The van der Waals surface area contributed by atoms with E-state index in [1.54, 1.807) is 0 Å². The monoisotopic (exact) mass is 369 g/mol.